The minimum atomic E-state index is -0.590. The number of carbonyl (C=O) groups is 3. The van der Waals surface area contributed by atoms with E-state index in [0.29, 0.717) is 36.7 Å². The summed E-state index contributed by atoms with van der Waals surface area (Å²) in [5, 5.41) is 0. The van der Waals surface area contributed by atoms with Crippen molar-refractivity contribution in [2.24, 2.45) is 0 Å². The maximum atomic E-state index is 11.9. The van der Waals surface area contributed by atoms with Crippen molar-refractivity contribution >= 4 is 17.9 Å². The van der Waals surface area contributed by atoms with Crippen LogP contribution >= 0.6 is 0 Å². The van der Waals surface area contributed by atoms with Gasteiger partial charge in [0, 0.05) is 16.7 Å². The highest BCUT2D eigenvalue weighted by molar-refractivity contribution is 5.87. The average molecular weight is 424 g/mol. The highest BCUT2D eigenvalue weighted by Gasteiger charge is 2.35. The van der Waals surface area contributed by atoms with Crippen LogP contribution in [0.3, 0.4) is 0 Å². The normalized spacial score (nSPS) is 18.6. The van der Waals surface area contributed by atoms with Crippen LogP contribution in [0.4, 0.5) is 0 Å². The smallest absolute Gasteiger partial charge is 0.334 e. The zero-order chi connectivity index (χ0) is 23.2. The Kier molecular flexibility index (Phi) is 9.41. The Morgan fingerprint density at radius 3 is 0.967 bits per heavy atom. The molecule has 168 valence electrons. The van der Waals surface area contributed by atoms with Gasteiger partial charge in [0.15, 0.2) is 18.7 Å². The van der Waals surface area contributed by atoms with Crippen LogP contribution in [0, 0.1) is 0 Å². The Bertz CT molecular complexity index is 618. The van der Waals surface area contributed by atoms with Crippen molar-refractivity contribution in [3.63, 3.8) is 0 Å². The molecule has 1 heterocycles. The number of nitrogens with zero attached hydrogens (tertiary/aromatic N) is 3. The maximum absolute atomic E-state index is 11.9. The SMILES string of the molecule is C=C(C)C(=O)OC(C)N1CN(C(C)OC(=O)C(=C)C)CN(C(C)OC(=O)C(=C)C)C1. The molecule has 0 radical (unpaired) electrons. The van der Waals surface area contributed by atoms with E-state index in [-0.39, 0.29) is 0 Å². The van der Waals surface area contributed by atoms with Gasteiger partial charge < -0.3 is 14.2 Å². The fourth-order valence-corrected chi connectivity index (χ4v) is 2.51. The molecule has 0 N–H and O–H groups in total. The van der Waals surface area contributed by atoms with E-state index in [1.54, 1.807) is 41.5 Å². The van der Waals surface area contributed by atoms with E-state index in [1.807, 2.05) is 14.7 Å². The van der Waals surface area contributed by atoms with Gasteiger partial charge in [-0.2, -0.15) is 0 Å². The minimum absolute atomic E-state index is 0.292. The van der Waals surface area contributed by atoms with Crippen LogP contribution in [0.2, 0.25) is 0 Å². The molecule has 1 aliphatic heterocycles. The third kappa shape index (κ3) is 7.40. The second kappa shape index (κ2) is 11.1. The number of carbonyl (C=O) groups excluding carboxylic acids is 3. The Labute approximate surface area is 178 Å². The first kappa shape index (κ1) is 25.5. The molecular weight excluding hydrogens is 390 g/mol. The van der Waals surface area contributed by atoms with E-state index in [4.69, 9.17) is 14.2 Å². The fraction of sp³-hybridized carbons (Fsp3) is 0.571. The summed E-state index contributed by atoms with van der Waals surface area (Å²) in [6, 6.07) is 0. The second-order valence-electron chi connectivity index (χ2n) is 7.55. The highest BCUT2D eigenvalue weighted by Crippen LogP contribution is 2.19. The molecule has 1 fully saturated rings. The minimum Gasteiger partial charge on any atom is -0.443 e. The first-order valence-electron chi connectivity index (χ1n) is 9.65. The second-order valence-corrected chi connectivity index (χ2v) is 7.55. The van der Waals surface area contributed by atoms with Crippen LogP contribution in [0.15, 0.2) is 36.5 Å². The van der Waals surface area contributed by atoms with Crippen LogP contribution in [-0.4, -0.2) is 71.3 Å². The molecule has 0 aliphatic carbocycles. The van der Waals surface area contributed by atoms with Crippen molar-refractivity contribution in [2.75, 3.05) is 20.0 Å². The summed E-state index contributed by atoms with van der Waals surface area (Å²) >= 11 is 0. The van der Waals surface area contributed by atoms with Crippen molar-refractivity contribution in [1.29, 1.82) is 0 Å². The monoisotopic (exact) mass is 423 g/mol. The Morgan fingerprint density at radius 1 is 0.600 bits per heavy atom. The van der Waals surface area contributed by atoms with E-state index in [9.17, 15) is 14.4 Å². The molecule has 0 spiro atoms. The molecule has 1 aliphatic rings. The molecule has 9 nitrogen and oxygen atoms in total. The van der Waals surface area contributed by atoms with E-state index < -0.39 is 36.6 Å². The molecule has 9 heteroatoms. The number of ether oxygens (including phenoxy) is 3. The third-order valence-corrected chi connectivity index (χ3v) is 4.51. The van der Waals surface area contributed by atoms with Crippen LogP contribution in [-0.2, 0) is 28.6 Å². The van der Waals surface area contributed by atoms with Gasteiger partial charge in [-0.05, 0) is 41.5 Å². The summed E-state index contributed by atoms with van der Waals surface area (Å²) in [5.41, 5.74) is 0.875. The lowest BCUT2D eigenvalue weighted by Gasteiger charge is -2.46. The van der Waals surface area contributed by atoms with Crippen molar-refractivity contribution in [1.82, 2.24) is 14.7 Å². The number of esters is 3. The zero-order valence-electron chi connectivity index (χ0n) is 18.8. The molecule has 0 aromatic carbocycles. The first-order valence-corrected chi connectivity index (χ1v) is 9.65. The van der Waals surface area contributed by atoms with Gasteiger partial charge in [-0.1, -0.05) is 19.7 Å². The standard InChI is InChI=1S/C21H33N3O6/c1-13(2)19(25)28-16(7)22-10-23(17(8)29-20(26)14(3)4)12-24(11-22)18(9)30-21(27)15(5)6/h16-18H,1,3,5,10-12H2,2,4,6-9H3. The van der Waals surface area contributed by atoms with Crippen molar-refractivity contribution < 1.29 is 28.6 Å². The molecule has 1 saturated heterocycles. The molecule has 3 atom stereocenters. The van der Waals surface area contributed by atoms with Gasteiger partial charge in [-0.3, -0.25) is 0 Å². The van der Waals surface area contributed by atoms with Crippen LogP contribution in [0.5, 0.6) is 0 Å². The van der Waals surface area contributed by atoms with E-state index >= 15 is 0 Å². The Balaban J connectivity index is 2.99. The molecule has 1 rings (SSSR count). The lowest BCUT2D eigenvalue weighted by Crippen LogP contribution is -2.62. The summed E-state index contributed by atoms with van der Waals surface area (Å²) < 4.78 is 16.3. The van der Waals surface area contributed by atoms with Crippen LogP contribution in [0.25, 0.3) is 0 Å². The molecule has 0 saturated carbocycles. The molecular formula is C21H33N3O6. The van der Waals surface area contributed by atoms with Gasteiger partial charge >= 0.3 is 17.9 Å². The number of hydrogen-bond donors (Lipinski definition) is 0. The fourth-order valence-electron chi connectivity index (χ4n) is 2.51. The number of rotatable bonds is 9. The molecule has 0 aromatic rings. The van der Waals surface area contributed by atoms with Gasteiger partial charge in [0.05, 0.1) is 20.0 Å². The highest BCUT2D eigenvalue weighted by atomic mass is 16.6. The summed E-state index contributed by atoms with van der Waals surface area (Å²) in [7, 11) is 0. The number of hydrogen-bond acceptors (Lipinski definition) is 9. The quantitative estimate of drug-likeness (QED) is 0.314. The predicted molar refractivity (Wildman–Crippen MR) is 111 cm³/mol. The van der Waals surface area contributed by atoms with Gasteiger partial charge in [-0.15, -0.1) is 0 Å². The zero-order valence-corrected chi connectivity index (χ0v) is 18.8. The van der Waals surface area contributed by atoms with Crippen LogP contribution in [0.1, 0.15) is 41.5 Å². The largest absolute Gasteiger partial charge is 0.443 e. The van der Waals surface area contributed by atoms with E-state index in [2.05, 4.69) is 19.7 Å². The first-order chi connectivity index (χ1) is 13.8. The van der Waals surface area contributed by atoms with Crippen LogP contribution < -0.4 is 0 Å². The lowest BCUT2D eigenvalue weighted by atomic mass is 10.3. The third-order valence-electron chi connectivity index (χ3n) is 4.51. The molecule has 3 unspecified atom stereocenters. The molecule has 30 heavy (non-hydrogen) atoms. The van der Waals surface area contributed by atoms with E-state index in [1.165, 1.54) is 0 Å². The topological polar surface area (TPSA) is 88.6 Å². The van der Waals surface area contributed by atoms with Gasteiger partial charge in [0.2, 0.25) is 0 Å². The lowest BCUT2D eigenvalue weighted by molar-refractivity contribution is -0.204. The Morgan fingerprint density at radius 2 is 0.800 bits per heavy atom. The maximum Gasteiger partial charge on any atom is 0.334 e. The molecule has 0 aromatic heterocycles. The van der Waals surface area contributed by atoms with Crippen molar-refractivity contribution in [2.45, 2.75) is 60.2 Å². The van der Waals surface area contributed by atoms with Gasteiger partial charge in [0.1, 0.15) is 0 Å². The molecule has 0 amide bonds. The molecule has 0 bridgehead atoms. The average Bonchev–Trinajstić information content (AvgIpc) is 2.66. The summed E-state index contributed by atoms with van der Waals surface area (Å²) in [6.07, 6.45) is -1.77. The van der Waals surface area contributed by atoms with Gasteiger partial charge in [0.25, 0.3) is 0 Å². The van der Waals surface area contributed by atoms with Crippen molar-refractivity contribution in [3.8, 4) is 0 Å². The van der Waals surface area contributed by atoms with Gasteiger partial charge in [-0.25, -0.2) is 29.1 Å². The summed E-state index contributed by atoms with van der Waals surface area (Å²) in [5.74, 6) is -1.51. The predicted octanol–water partition coefficient (Wildman–Crippen LogP) is 2.17. The van der Waals surface area contributed by atoms with E-state index in [0.717, 1.165) is 0 Å². The summed E-state index contributed by atoms with van der Waals surface area (Å²) in [6.45, 7) is 21.8. The Hall–Kier alpha value is -2.49. The summed E-state index contributed by atoms with van der Waals surface area (Å²) in [4.78, 5) is 41.3. The van der Waals surface area contributed by atoms with Crippen molar-refractivity contribution in [3.05, 3.63) is 36.5 Å².